The molecule has 2 N–H and O–H groups in total. The minimum absolute atomic E-state index is 0.0524. The molecular formula is C20H28N2O3. The summed E-state index contributed by atoms with van der Waals surface area (Å²) in [5.74, 6) is -0.110. The van der Waals surface area contributed by atoms with Crippen LogP contribution in [0.1, 0.15) is 43.5 Å². The van der Waals surface area contributed by atoms with E-state index in [-0.39, 0.29) is 35.8 Å². The van der Waals surface area contributed by atoms with Crippen LogP contribution < -0.4 is 10.2 Å². The highest BCUT2D eigenvalue weighted by Crippen LogP contribution is 2.45. The zero-order valence-corrected chi connectivity index (χ0v) is 15.3. The van der Waals surface area contributed by atoms with Gasteiger partial charge in [-0.25, -0.2) is 0 Å². The summed E-state index contributed by atoms with van der Waals surface area (Å²) >= 11 is 0. The summed E-state index contributed by atoms with van der Waals surface area (Å²) < 4.78 is 0. The van der Waals surface area contributed by atoms with Gasteiger partial charge in [-0.1, -0.05) is 26.8 Å². The van der Waals surface area contributed by atoms with Gasteiger partial charge in [0.15, 0.2) is 0 Å². The number of rotatable bonds is 7. The van der Waals surface area contributed by atoms with E-state index in [0.29, 0.717) is 11.3 Å². The number of nitrogens with one attached hydrogen (secondary N) is 1. The molecule has 1 aromatic rings. The van der Waals surface area contributed by atoms with E-state index < -0.39 is 0 Å². The van der Waals surface area contributed by atoms with E-state index in [4.69, 9.17) is 0 Å². The molecule has 0 spiro atoms. The highest BCUT2D eigenvalue weighted by Gasteiger charge is 2.45. The lowest BCUT2D eigenvalue weighted by Crippen LogP contribution is -2.55. The SMILES string of the molecule is C=CC(=O)N(C)c1ccc(C(=O)NC(C(C)C)C2(CO)CCC2)cc1. The van der Waals surface area contributed by atoms with Crippen LogP contribution in [0.15, 0.2) is 36.9 Å². The van der Waals surface area contributed by atoms with Crippen molar-refractivity contribution < 1.29 is 14.7 Å². The van der Waals surface area contributed by atoms with E-state index in [1.165, 1.54) is 11.0 Å². The lowest BCUT2D eigenvalue weighted by Gasteiger charge is -2.48. The summed E-state index contributed by atoms with van der Waals surface area (Å²) in [4.78, 5) is 25.8. The number of benzene rings is 1. The number of aliphatic hydroxyl groups is 1. The van der Waals surface area contributed by atoms with Gasteiger partial charge >= 0.3 is 0 Å². The van der Waals surface area contributed by atoms with Crippen molar-refractivity contribution in [1.82, 2.24) is 5.32 Å². The lowest BCUT2D eigenvalue weighted by molar-refractivity contribution is -0.113. The molecule has 1 fully saturated rings. The molecule has 1 saturated carbocycles. The Labute approximate surface area is 149 Å². The number of hydrogen-bond donors (Lipinski definition) is 2. The number of anilines is 1. The first kappa shape index (κ1) is 19.2. The molecule has 1 aliphatic rings. The van der Waals surface area contributed by atoms with Gasteiger partial charge in [0.2, 0.25) is 5.91 Å². The van der Waals surface area contributed by atoms with Gasteiger partial charge in [-0.15, -0.1) is 0 Å². The van der Waals surface area contributed by atoms with E-state index in [1.807, 2.05) is 0 Å². The van der Waals surface area contributed by atoms with E-state index >= 15 is 0 Å². The van der Waals surface area contributed by atoms with Gasteiger partial charge in [0.1, 0.15) is 0 Å². The van der Waals surface area contributed by atoms with Crippen LogP contribution in [0.25, 0.3) is 0 Å². The second-order valence-corrected chi connectivity index (χ2v) is 7.22. The van der Waals surface area contributed by atoms with Crippen molar-refractivity contribution in [3.05, 3.63) is 42.5 Å². The average Bonchev–Trinajstić information content (AvgIpc) is 2.58. The monoisotopic (exact) mass is 344 g/mol. The van der Waals surface area contributed by atoms with Crippen molar-refractivity contribution in [3.8, 4) is 0 Å². The van der Waals surface area contributed by atoms with E-state index in [1.54, 1.807) is 31.3 Å². The van der Waals surface area contributed by atoms with Gasteiger partial charge in [0.25, 0.3) is 5.91 Å². The number of nitrogens with zero attached hydrogens (tertiary/aromatic N) is 1. The highest BCUT2D eigenvalue weighted by atomic mass is 16.3. The van der Waals surface area contributed by atoms with E-state index in [0.717, 1.165) is 19.3 Å². The van der Waals surface area contributed by atoms with Crippen molar-refractivity contribution in [1.29, 1.82) is 0 Å². The second-order valence-electron chi connectivity index (χ2n) is 7.22. The molecule has 25 heavy (non-hydrogen) atoms. The van der Waals surface area contributed by atoms with Crippen molar-refractivity contribution >= 4 is 17.5 Å². The summed E-state index contributed by atoms with van der Waals surface area (Å²) in [5, 5.41) is 12.9. The van der Waals surface area contributed by atoms with Crippen molar-refractivity contribution in [2.75, 3.05) is 18.6 Å². The van der Waals surface area contributed by atoms with Crippen molar-refractivity contribution in [2.45, 2.75) is 39.2 Å². The highest BCUT2D eigenvalue weighted by molar-refractivity contribution is 6.01. The summed E-state index contributed by atoms with van der Waals surface area (Å²) in [5.41, 5.74) is 1.05. The number of carbonyl (C=O) groups is 2. The van der Waals surface area contributed by atoms with Crippen LogP contribution in [0, 0.1) is 11.3 Å². The number of hydrogen-bond acceptors (Lipinski definition) is 3. The Balaban J connectivity index is 2.11. The van der Waals surface area contributed by atoms with Crippen LogP contribution in [-0.2, 0) is 4.79 Å². The molecule has 0 radical (unpaired) electrons. The molecule has 136 valence electrons. The Bertz CT molecular complexity index is 627. The number of likely N-dealkylation sites (N-methyl/N-ethyl adjacent to an activating group) is 1. The topological polar surface area (TPSA) is 69.6 Å². The van der Waals surface area contributed by atoms with Crippen molar-refractivity contribution in [3.63, 3.8) is 0 Å². The Morgan fingerprint density at radius 3 is 2.32 bits per heavy atom. The van der Waals surface area contributed by atoms with Gasteiger partial charge in [0.05, 0.1) is 6.61 Å². The first-order chi connectivity index (χ1) is 11.8. The zero-order valence-electron chi connectivity index (χ0n) is 15.3. The minimum Gasteiger partial charge on any atom is -0.396 e. The molecule has 2 amide bonds. The Morgan fingerprint density at radius 1 is 1.32 bits per heavy atom. The fourth-order valence-corrected chi connectivity index (χ4v) is 3.55. The van der Waals surface area contributed by atoms with E-state index in [9.17, 15) is 14.7 Å². The Morgan fingerprint density at radius 2 is 1.92 bits per heavy atom. The molecule has 0 aromatic heterocycles. The van der Waals surface area contributed by atoms with Crippen LogP contribution in [0.4, 0.5) is 5.69 Å². The summed E-state index contributed by atoms with van der Waals surface area (Å²) in [6.45, 7) is 7.71. The van der Waals surface area contributed by atoms with Crippen LogP contribution in [-0.4, -0.2) is 36.6 Å². The molecule has 0 saturated heterocycles. The van der Waals surface area contributed by atoms with Gasteiger partial charge in [-0.05, 0) is 49.1 Å². The third-order valence-corrected chi connectivity index (χ3v) is 5.30. The van der Waals surface area contributed by atoms with Crippen LogP contribution in [0.2, 0.25) is 0 Å². The average molecular weight is 344 g/mol. The van der Waals surface area contributed by atoms with Gasteiger partial charge < -0.3 is 15.3 Å². The predicted octanol–water partition coefficient (Wildman–Crippen LogP) is 2.75. The van der Waals surface area contributed by atoms with Gasteiger partial charge in [-0.3, -0.25) is 9.59 Å². The maximum absolute atomic E-state index is 12.6. The molecule has 0 aliphatic heterocycles. The summed E-state index contributed by atoms with van der Waals surface area (Å²) in [6, 6.07) is 6.85. The Kier molecular flexibility index (Phi) is 6.01. The van der Waals surface area contributed by atoms with E-state index in [2.05, 4.69) is 25.7 Å². The molecule has 0 bridgehead atoms. The van der Waals surface area contributed by atoms with Crippen LogP contribution in [0.3, 0.4) is 0 Å². The molecule has 0 heterocycles. The summed E-state index contributed by atoms with van der Waals surface area (Å²) in [7, 11) is 1.66. The first-order valence-corrected chi connectivity index (χ1v) is 8.76. The standard InChI is InChI=1S/C20H28N2O3/c1-5-17(24)22(4)16-9-7-15(8-10-16)19(25)21-18(14(2)3)20(13-23)11-6-12-20/h5,7-10,14,18,23H,1,6,11-13H2,2-4H3,(H,21,25). The Hall–Kier alpha value is -2.14. The molecule has 2 rings (SSSR count). The largest absolute Gasteiger partial charge is 0.396 e. The van der Waals surface area contributed by atoms with Crippen LogP contribution >= 0.6 is 0 Å². The third-order valence-electron chi connectivity index (χ3n) is 5.30. The molecule has 1 atom stereocenters. The number of aliphatic hydroxyl groups excluding tert-OH is 1. The minimum atomic E-state index is -0.202. The third kappa shape index (κ3) is 3.93. The molecular weight excluding hydrogens is 316 g/mol. The molecule has 5 nitrogen and oxygen atoms in total. The first-order valence-electron chi connectivity index (χ1n) is 8.76. The van der Waals surface area contributed by atoms with Gasteiger partial charge in [0, 0.05) is 29.8 Å². The molecule has 1 aliphatic carbocycles. The quantitative estimate of drug-likeness (QED) is 0.747. The molecule has 1 aromatic carbocycles. The predicted molar refractivity (Wildman–Crippen MR) is 99.5 cm³/mol. The second kappa shape index (κ2) is 7.83. The maximum Gasteiger partial charge on any atom is 0.251 e. The summed E-state index contributed by atoms with van der Waals surface area (Å²) in [6.07, 6.45) is 4.23. The fourth-order valence-electron chi connectivity index (χ4n) is 3.55. The van der Waals surface area contributed by atoms with Crippen molar-refractivity contribution in [2.24, 2.45) is 11.3 Å². The van der Waals surface area contributed by atoms with Crippen LogP contribution in [0.5, 0.6) is 0 Å². The number of amides is 2. The maximum atomic E-state index is 12.6. The number of carbonyl (C=O) groups excluding carboxylic acids is 2. The zero-order chi connectivity index (χ0) is 18.6. The fraction of sp³-hybridized carbons (Fsp3) is 0.500. The normalized spacial score (nSPS) is 16.7. The molecule has 5 heteroatoms. The smallest absolute Gasteiger partial charge is 0.251 e. The molecule has 1 unspecified atom stereocenters. The lowest BCUT2D eigenvalue weighted by atomic mass is 9.62. The van der Waals surface area contributed by atoms with Gasteiger partial charge in [-0.2, -0.15) is 0 Å².